The molecule has 2 heteroatoms. The van der Waals surface area contributed by atoms with E-state index in [1.54, 1.807) is 0 Å². The summed E-state index contributed by atoms with van der Waals surface area (Å²) in [5, 5.41) is 0.857. The highest BCUT2D eigenvalue weighted by Gasteiger charge is 2.38. The second kappa shape index (κ2) is 3.60. The van der Waals surface area contributed by atoms with Crippen molar-refractivity contribution < 1.29 is 0 Å². The summed E-state index contributed by atoms with van der Waals surface area (Å²) in [6.45, 7) is 4.46. The van der Waals surface area contributed by atoms with Crippen molar-refractivity contribution in [2.24, 2.45) is 0 Å². The fraction of sp³-hybridized carbons (Fsp3) is 0.200. The van der Waals surface area contributed by atoms with Crippen LogP contribution in [0, 0.1) is 0 Å². The molecule has 0 aromatic heterocycles. The Morgan fingerprint density at radius 1 is 0.941 bits per heavy atom. The molecule has 0 atom stereocenters. The minimum atomic E-state index is -0.0386. The Labute approximate surface area is 115 Å². The van der Waals surface area contributed by atoms with E-state index >= 15 is 0 Å². The molecule has 0 nitrogen and oxygen atoms in total. The fourth-order valence-corrected chi connectivity index (χ4v) is 4.17. The van der Waals surface area contributed by atoms with Gasteiger partial charge in [0, 0.05) is 14.9 Å². The van der Waals surface area contributed by atoms with Crippen molar-refractivity contribution in [3.63, 3.8) is 0 Å². The van der Waals surface area contributed by atoms with Crippen LogP contribution in [0.5, 0.6) is 0 Å². The van der Waals surface area contributed by atoms with Gasteiger partial charge in [-0.3, -0.25) is 0 Å². The van der Waals surface area contributed by atoms with E-state index < -0.39 is 0 Å². The van der Waals surface area contributed by atoms with Crippen LogP contribution in [0.25, 0.3) is 11.1 Å². The van der Waals surface area contributed by atoms with Crippen LogP contribution in [0.15, 0.2) is 40.9 Å². The predicted octanol–water partition coefficient (Wildman–Crippen LogP) is 5.41. The Morgan fingerprint density at radius 3 is 2.24 bits per heavy atom. The highest BCUT2D eigenvalue weighted by Crippen LogP contribution is 2.53. The predicted molar refractivity (Wildman–Crippen MR) is 76.7 cm³/mol. The van der Waals surface area contributed by atoms with Gasteiger partial charge in [-0.1, -0.05) is 65.6 Å². The van der Waals surface area contributed by atoms with Gasteiger partial charge in [-0.25, -0.2) is 0 Å². The minimum Gasteiger partial charge on any atom is -0.0840 e. The van der Waals surface area contributed by atoms with Crippen LogP contribution in [-0.2, 0) is 5.41 Å². The van der Waals surface area contributed by atoms with Crippen LogP contribution in [0.1, 0.15) is 25.0 Å². The third-order valence-corrected chi connectivity index (χ3v) is 4.54. The summed E-state index contributed by atoms with van der Waals surface area (Å²) in [7, 11) is 0. The van der Waals surface area contributed by atoms with Crippen molar-refractivity contribution in [1.82, 2.24) is 0 Å². The van der Waals surface area contributed by atoms with Crippen molar-refractivity contribution in [3.05, 3.63) is 57.0 Å². The normalized spacial score (nSPS) is 15.5. The van der Waals surface area contributed by atoms with Gasteiger partial charge in [0.1, 0.15) is 0 Å². The van der Waals surface area contributed by atoms with Crippen LogP contribution in [-0.4, -0.2) is 0 Å². The van der Waals surface area contributed by atoms with Crippen molar-refractivity contribution in [3.8, 4) is 11.1 Å². The molecule has 17 heavy (non-hydrogen) atoms. The number of hydrogen-bond acceptors (Lipinski definition) is 0. The molecule has 0 radical (unpaired) electrons. The molecule has 2 aromatic carbocycles. The first-order chi connectivity index (χ1) is 8.03. The average molecular weight is 308 g/mol. The maximum atomic E-state index is 6.38. The summed E-state index contributed by atoms with van der Waals surface area (Å²) in [4.78, 5) is 0. The van der Waals surface area contributed by atoms with Crippen LogP contribution in [0.2, 0.25) is 5.02 Å². The molecule has 0 aliphatic heterocycles. The summed E-state index contributed by atoms with van der Waals surface area (Å²) in [6, 6.07) is 12.5. The van der Waals surface area contributed by atoms with Crippen molar-refractivity contribution in [2.45, 2.75) is 19.3 Å². The fourth-order valence-electron chi connectivity index (χ4n) is 2.89. The van der Waals surface area contributed by atoms with Crippen LogP contribution in [0.4, 0.5) is 0 Å². The molecule has 0 unspecified atom stereocenters. The summed E-state index contributed by atoms with van der Waals surface area (Å²) < 4.78 is 1.16. The number of halogens is 2. The Balaban J connectivity index is 2.46. The summed E-state index contributed by atoms with van der Waals surface area (Å²) in [5.74, 6) is 0. The lowest BCUT2D eigenvalue weighted by atomic mass is 9.82. The molecule has 0 spiro atoms. The van der Waals surface area contributed by atoms with Crippen LogP contribution < -0.4 is 0 Å². The van der Waals surface area contributed by atoms with Gasteiger partial charge in [-0.15, -0.1) is 0 Å². The van der Waals surface area contributed by atoms with Crippen LogP contribution >= 0.6 is 27.5 Å². The van der Waals surface area contributed by atoms with Gasteiger partial charge in [0.2, 0.25) is 0 Å². The zero-order chi connectivity index (χ0) is 12.2. The van der Waals surface area contributed by atoms with E-state index in [9.17, 15) is 0 Å². The van der Waals surface area contributed by atoms with E-state index in [0.29, 0.717) is 0 Å². The zero-order valence-corrected chi connectivity index (χ0v) is 12.1. The van der Waals surface area contributed by atoms with Crippen molar-refractivity contribution in [2.75, 3.05) is 0 Å². The molecule has 0 saturated heterocycles. The smallest absolute Gasteiger partial charge is 0.0453 e. The molecule has 0 heterocycles. The van der Waals surface area contributed by atoms with E-state index in [1.807, 2.05) is 12.1 Å². The molecule has 0 fully saturated rings. The van der Waals surface area contributed by atoms with Gasteiger partial charge in [0.25, 0.3) is 0 Å². The molecule has 1 aliphatic carbocycles. The second-order valence-electron chi connectivity index (χ2n) is 4.95. The third-order valence-electron chi connectivity index (χ3n) is 3.57. The standard InChI is InChI=1S/C15H12BrCl/c1-15(2)13-9(5-3-7-11(13)16)10-6-4-8-12(17)14(10)15/h3-8H,1-2H3. The SMILES string of the molecule is CC1(C)c2c(Cl)cccc2-c2cccc(Br)c21. The molecule has 86 valence electrons. The first-order valence-electron chi connectivity index (χ1n) is 5.62. The molecule has 0 N–H and O–H groups in total. The van der Waals surface area contributed by atoms with Gasteiger partial charge >= 0.3 is 0 Å². The first kappa shape index (κ1) is 11.3. The minimum absolute atomic E-state index is 0.0386. The zero-order valence-electron chi connectivity index (χ0n) is 9.72. The Hall–Kier alpha value is -0.790. The average Bonchev–Trinajstić information content (AvgIpc) is 2.50. The summed E-state index contributed by atoms with van der Waals surface area (Å²) in [5.41, 5.74) is 5.09. The largest absolute Gasteiger partial charge is 0.0840 e. The lowest BCUT2D eigenvalue weighted by molar-refractivity contribution is 0.657. The van der Waals surface area contributed by atoms with Gasteiger partial charge in [0.05, 0.1) is 0 Å². The van der Waals surface area contributed by atoms with E-state index in [1.165, 1.54) is 22.3 Å². The Bertz CT molecular complexity index is 561. The molecule has 2 aromatic rings. The Kier molecular flexibility index (Phi) is 2.39. The topological polar surface area (TPSA) is 0 Å². The van der Waals surface area contributed by atoms with Gasteiger partial charge in [-0.2, -0.15) is 0 Å². The van der Waals surface area contributed by atoms with E-state index in [-0.39, 0.29) is 5.41 Å². The molecule has 1 aliphatic rings. The van der Waals surface area contributed by atoms with Crippen molar-refractivity contribution >= 4 is 27.5 Å². The number of hydrogen-bond donors (Lipinski definition) is 0. The summed E-state index contributed by atoms with van der Waals surface area (Å²) >= 11 is 10.0. The lowest BCUT2D eigenvalue weighted by Crippen LogP contribution is -2.16. The molecular formula is C15H12BrCl. The second-order valence-corrected chi connectivity index (χ2v) is 6.21. The highest BCUT2D eigenvalue weighted by molar-refractivity contribution is 9.10. The van der Waals surface area contributed by atoms with Crippen molar-refractivity contribution in [1.29, 1.82) is 0 Å². The first-order valence-corrected chi connectivity index (χ1v) is 6.79. The molecule has 3 rings (SSSR count). The molecular weight excluding hydrogens is 296 g/mol. The monoisotopic (exact) mass is 306 g/mol. The van der Waals surface area contributed by atoms with E-state index in [4.69, 9.17) is 11.6 Å². The number of benzene rings is 2. The van der Waals surface area contributed by atoms with E-state index in [0.717, 1.165) is 9.50 Å². The summed E-state index contributed by atoms with van der Waals surface area (Å²) in [6.07, 6.45) is 0. The molecule has 0 saturated carbocycles. The maximum Gasteiger partial charge on any atom is 0.0453 e. The molecule has 0 bridgehead atoms. The van der Waals surface area contributed by atoms with Gasteiger partial charge < -0.3 is 0 Å². The lowest BCUT2D eigenvalue weighted by Gasteiger charge is -2.23. The highest BCUT2D eigenvalue weighted by atomic mass is 79.9. The third kappa shape index (κ3) is 1.42. The number of fused-ring (bicyclic) bond motifs is 3. The van der Waals surface area contributed by atoms with E-state index in [2.05, 4.69) is 54.0 Å². The molecule has 0 amide bonds. The van der Waals surface area contributed by atoms with Gasteiger partial charge in [-0.05, 0) is 34.4 Å². The maximum absolute atomic E-state index is 6.38. The number of rotatable bonds is 0. The van der Waals surface area contributed by atoms with Gasteiger partial charge in [0.15, 0.2) is 0 Å². The Morgan fingerprint density at radius 2 is 1.53 bits per heavy atom. The van der Waals surface area contributed by atoms with Crippen LogP contribution in [0.3, 0.4) is 0 Å². The quantitative estimate of drug-likeness (QED) is 0.610.